The van der Waals surface area contributed by atoms with Crippen molar-refractivity contribution in [2.24, 2.45) is 0 Å². The molecular weight excluding hydrogens is 292 g/mol. The minimum Gasteiger partial charge on any atom is -0.464 e. The van der Waals surface area contributed by atoms with E-state index in [1.807, 2.05) is 13.8 Å². The molecule has 6 nitrogen and oxygen atoms in total. The topological polar surface area (TPSA) is 80.6 Å². The van der Waals surface area contributed by atoms with Crippen LogP contribution in [0, 0.1) is 6.92 Å². The van der Waals surface area contributed by atoms with E-state index < -0.39 is 15.6 Å². The second kappa shape index (κ2) is 6.48. The van der Waals surface area contributed by atoms with Gasteiger partial charge in [0.25, 0.3) is 0 Å². The van der Waals surface area contributed by atoms with Crippen molar-refractivity contribution in [2.45, 2.75) is 50.6 Å². The maximum atomic E-state index is 12.6. The number of rotatable bonds is 6. The molecule has 2 rings (SSSR count). The summed E-state index contributed by atoms with van der Waals surface area (Å²) in [4.78, 5) is 0.210. The van der Waals surface area contributed by atoms with E-state index in [2.05, 4.69) is 10.0 Å². The van der Waals surface area contributed by atoms with E-state index in [1.165, 1.54) is 0 Å². The van der Waals surface area contributed by atoms with E-state index in [0.717, 1.165) is 19.4 Å². The van der Waals surface area contributed by atoms with Gasteiger partial charge in [0.1, 0.15) is 16.4 Å². The molecule has 1 unspecified atom stereocenters. The van der Waals surface area contributed by atoms with E-state index in [0.29, 0.717) is 31.3 Å². The van der Waals surface area contributed by atoms with Crippen molar-refractivity contribution in [1.29, 1.82) is 0 Å². The van der Waals surface area contributed by atoms with Gasteiger partial charge in [-0.25, -0.2) is 13.1 Å². The molecule has 2 heterocycles. The van der Waals surface area contributed by atoms with Crippen molar-refractivity contribution in [2.75, 3.05) is 19.8 Å². The van der Waals surface area contributed by atoms with Crippen molar-refractivity contribution in [1.82, 2.24) is 10.0 Å². The Balaban J connectivity index is 2.17. The summed E-state index contributed by atoms with van der Waals surface area (Å²) >= 11 is 0. The molecule has 1 fully saturated rings. The summed E-state index contributed by atoms with van der Waals surface area (Å²) in [6.45, 7) is 7.94. The molecule has 0 aromatic carbocycles. The van der Waals surface area contributed by atoms with Gasteiger partial charge in [0.15, 0.2) is 0 Å². The number of aryl methyl sites for hydroxylation is 1. The van der Waals surface area contributed by atoms with Crippen LogP contribution in [0.4, 0.5) is 0 Å². The summed E-state index contributed by atoms with van der Waals surface area (Å²) in [6, 6.07) is 1.59. The van der Waals surface area contributed by atoms with Crippen LogP contribution in [0.25, 0.3) is 0 Å². The van der Waals surface area contributed by atoms with Crippen LogP contribution in [0.15, 0.2) is 15.4 Å². The summed E-state index contributed by atoms with van der Waals surface area (Å²) < 4.78 is 38.8. The molecule has 0 bridgehead atoms. The zero-order valence-corrected chi connectivity index (χ0v) is 13.7. The second-order valence-electron chi connectivity index (χ2n) is 5.74. The van der Waals surface area contributed by atoms with Gasteiger partial charge in [0.05, 0.1) is 18.7 Å². The molecule has 0 amide bonds. The predicted octanol–water partition coefficient (Wildman–Crippen LogP) is 1.54. The molecule has 0 saturated carbocycles. The van der Waals surface area contributed by atoms with Crippen LogP contribution < -0.4 is 10.0 Å². The fraction of sp³-hybridized carbons (Fsp3) is 0.714. The van der Waals surface area contributed by atoms with Gasteiger partial charge >= 0.3 is 0 Å². The van der Waals surface area contributed by atoms with Crippen LogP contribution in [0.3, 0.4) is 0 Å². The second-order valence-corrected chi connectivity index (χ2v) is 7.39. The van der Waals surface area contributed by atoms with Crippen LogP contribution >= 0.6 is 0 Å². The van der Waals surface area contributed by atoms with Gasteiger partial charge in [0, 0.05) is 12.7 Å². The first-order valence-corrected chi connectivity index (χ1v) is 8.76. The van der Waals surface area contributed by atoms with Gasteiger partial charge < -0.3 is 14.5 Å². The Labute approximate surface area is 126 Å². The summed E-state index contributed by atoms with van der Waals surface area (Å²) in [5, 5.41) is 3.12. The summed E-state index contributed by atoms with van der Waals surface area (Å²) in [5.74, 6) is 1.04. The molecule has 1 saturated heterocycles. The zero-order valence-electron chi connectivity index (χ0n) is 12.9. The Morgan fingerprint density at radius 2 is 2.19 bits per heavy atom. The fourth-order valence-corrected chi connectivity index (χ4v) is 4.15. The Kier molecular flexibility index (Phi) is 5.08. The van der Waals surface area contributed by atoms with Gasteiger partial charge in [-0.1, -0.05) is 6.92 Å². The molecule has 1 aliphatic rings. The first-order chi connectivity index (χ1) is 9.86. The minimum atomic E-state index is -3.60. The number of hydrogen-bond acceptors (Lipinski definition) is 5. The number of hydrogen-bond donors (Lipinski definition) is 2. The molecule has 1 atom stereocenters. The first kappa shape index (κ1) is 16.5. The molecule has 1 aromatic heterocycles. The Bertz CT molecular complexity index is 574. The molecule has 2 N–H and O–H groups in total. The fourth-order valence-electron chi connectivity index (χ4n) is 2.52. The highest BCUT2D eigenvalue weighted by molar-refractivity contribution is 7.89. The number of ether oxygens (including phenoxy) is 1. The zero-order chi connectivity index (χ0) is 15.5. The lowest BCUT2D eigenvalue weighted by molar-refractivity contribution is 0.0386. The molecule has 0 spiro atoms. The van der Waals surface area contributed by atoms with Gasteiger partial charge in [-0.15, -0.1) is 0 Å². The van der Waals surface area contributed by atoms with E-state index >= 15 is 0 Å². The Hall–Kier alpha value is -0.890. The van der Waals surface area contributed by atoms with Crippen molar-refractivity contribution in [3.63, 3.8) is 0 Å². The average Bonchev–Trinajstić information content (AvgIpc) is 2.78. The molecule has 7 heteroatoms. The van der Waals surface area contributed by atoms with Crippen LogP contribution in [0.5, 0.6) is 0 Å². The van der Waals surface area contributed by atoms with Gasteiger partial charge in [-0.05, 0) is 33.2 Å². The average molecular weight is 316 g/mol. The molecule has 1 aliphatic heterocycles. The van der Waals surface area contributed by atoms with Crippen LogP contribution in [-0.2, 0) is 21.3 Å². The van der Waals surface area contributed by atoms with E-state index in [4.69, 9.17) is 9.15 Å². The molecule has 21 heavy (non-hydrogen) atoms. The Morgan fingerprint density at radius 1 is 1.43 bits per heavy atom. The normalized spacial score (nSPS) is 23.4. The lowest BCUT2D eigenvalue weighted by Gasteiger charge is -2.33. The number of sulfonamides is 1. The van der Waals surface area contributed by atoms with Gasteiger partial charge in [0.2, 0.25) is 10.0 Å². The van der Waals surface area contributed by atoms with Crippen molar-refractivity contribution < 1.29 is 17.6 Å². The predicted molar refractivity (Wildman–Crippen MR) is 79.6 cm³/mol. The van der Waals surface area contributed by atoms with Crippen molar-refractivity contribution in [3.8, 4) is 0 Å². The maximum absolute atomic E-state index is 12.6. The van der Waals surface area contributed by atoms with Crippen molar-refractivity contribution in [3.05, 3.63) is 17.6 Å². The summed E-state index contributed by atoms with van der Waals surface area (Å²) in [6.07, 6.45) is 1.63. The standard InChI is InChI=1S/C14H24N2O4S/c1-4-15-9-12-8-13(11(2)20-12)21(17,18)16-14(3)6-5-7-19-10-14/h8,15-16H,4-7,9-10H2,1-3H3. The summed E-state index contributed by atoms with van der Waals surface area (Å²) in [5.41, 5.74) is -0.553. The molecule has 0 aliphatic carbocycles. The minimum absolute atomic E-state index is 0.210. The maximum Gasteiger partial charge on any atom is 0.244 e. The lowest BCUT2D eigenvalue weighted by atomic mass is 9.97. The van der Waals surface area contributed by atoms with E-state index in [-0.39, 0.29) is 4.90 Å². The largest absolute Gasteiger partial charge is 0.464 e. The van der Waals surface area contributed by atoms with Crippen LogP contribution in [-0.4, -0.2) is 33.7 Å². The molecular formula is C14H24N2O4S. The van der Waals surface area contributed by atoms with Crippen LogP contribution in [0.2, 0.25) is 0 Å². The number of nitrogens with one attached hydrogen (secondary N) is 2. The van der Waals surface area contributed by atoms with Gasteiger partial charge in [-0.3, -0.25) is 0 Å². The smallest absolute Gasteiger partial charge is 0.244 e. The third-order valence-corrected chi connectivity index (χ3v) is 5.33. The van der Waals surface area contributed by atoms with Crippen molar-refractivity contribution >= 4 is 10.0 Å². The highest BCUT2D eigenvalue weighted by Gasteiger charge is 2.34. The summed E-state index contributed by atoms with van der Waals surface area (Å²) in [7, 11) is -3.60. The highest BCUT2D eigenvalue weighted by Crippen LogP contribution is 2.25. The third kappa shape index (κ3) is 4.06. The quantitative estimate of drug-likeness (QED) is 0.832. The first-order valence-electron chi connectivity index (χ1n) is 7.28. The van der Waals surface area contributed by atoms with Crippen LogP contribution in [0.1, 0.15) is 38.2 Å². The monoisotopic (exact) mass is 316 g/mol. The molecule has 1 aromatic rings. The lowest BCUT2D eigenvalue weighted by Crippen LogP contribution is -2.51. The number of furan rings is 1. The Morgan fingerprint density at radius 3 is 2.81 bits per heavy atom. The van der Waals surface area contributed by atoms with E-state index in [9.17, 15) is 8.42 Å². The molecule has 0 radical (unpaired) electrons. The van der Waals surface area contributed by atoms with Gasteiger partial charge in [-0.2, -0.15) is 0 Å². The molecule has 120 valence electrons. The highest BCUT2D eigenvalue weighted by atomic mass is 32.2. The van der Waals surface area contributed by atoms with E-state index in [1.54, 1.807) is 13.0 Å². The third-order valence-electron chi connectivity index (χ3n) is 3.58. The SMILES string of the molecule is CCNCc1cc(S(=O)(=O)NC2(C)CCCOC2)c(C)o1.